The van der Waals surface area contributed by atoms with E-state index in [1.165, 1.54) is 0 Å². The Balaban J connectivity index is 1.39. The molecule has 0 spiro atoms. The number of imide groups is 1. The topological polar surface area (TPSA) is 115 Å². The van der Waals surface area contributed by atoms with Crippen LogP contribution in [0, 0.1) is 0 Å². The number of rotatable bonds is 10. The lowest BCUT2D eigenvalue weighted by Crippen LogP contribution is -2.46. The molecule has 1 aliphatic rings. The molecule has 36 heavy (non-hydrogen) atoms. The molecule has 1 aromatic heterocycles. The van der Waals surface area contributed by atoms with Gasteiger partial charge in [0.05, 0.1) is 5.69 Å². The second-order valence-electron chi connectivity index (χ2n) is 8.32. The average molecular weight is 507 g/mol. The summed E-state index contributed by atoms with van der Waals surface area (Å²) in [6, 6.07) is 19.6. The number of hydrogen-bond acceptors (Lipinski definition) is 8. The van der Waals surface area contributed by atoms with Crippen LogP contribution >= 0.6 is 11.8 Å². The van der Waals surface area contributed by atoms with Gasteiger partial charge in [0.2, 0.25) is 4.75 Å². The van der Waals surface area contributed by atoms with Crippen molar-refractivity contribution in [1.29, 1.82) is 0 Å². The van der Waals surface area contributed by atoms with Gasteiger partial charge in [-0.15, -0.1) is 0 Å². The van der Waals surface area contributed by atoms with Crippen molar-refractivity contribution in [3.05, 3.63) is 95.3 Å². The molecule has 0 radical (unpaired) electrons. The van der Waals surface area contributed by atoms with Crippen molar-refractivity contribution >= 4 is 28.9 Å². The normalized spacial score (nSPS) is 17.9. The van der Waals surface area contributed by atoms with Crippen molar-refractivity contribution in [1.82, 2.24) is 10.3 Å². The van der Waals surface area contributed by atoms with Crippen LogP contribution in [-0.4, -0.2) is 38.6 Å². The number of carbonyl (C=O) groups excluding carboxylic acids is 3. The van der Waals surface area contributed by atoms with E-state index < -0.39 is 28.0 Å². The monoisotopic (exact) mass is 506 g/mol. The standard InChI is InChI=1S/C27H26N2O6S/c1-2-18-10-13-22(28-15-18)23(30)17-34-21-11-8-19(9-12-21)14-27(24(31)29-26(33)36-27)25(32)35-16-20-6-4-3-5-7-20/h3-13,15,23,30H,2,14,16-17H2,1H3,(H,29,31,33)/t23?,27-/m1/s1. The van der Waals surface area contributed by atoms with Gasteiger partial charge in [0.25, 0.3) is 11.1 Å². The highest BCUT2D eigenvalue weighted by Gasteiger charge is 2.55. The van der Waals surface area contributed by atoms with Crippen LogP contribution in [0.1, 0.15) is 35.4 Å². The minimum atomic E-state index is -1.71. The maximum absolute atomic E-state index is 13.0. The largest absolute Gasteiger partial charge is 0.490 e. The number of nitrogens with one attached hydrogen (secondary N) is 1. The van der Waals surface area contributed by atoms with Crippen LogP contribution in [0.4, 0.5) is 4.79 Å². The van der Waals surface area contributed by atoms with E-state index in [4.69, 9.17) is 9.47 Å². The fraction of sp³-hybridized carbons (Fsp3) is 0.259. The molecule has 186 valence electrons. The predicted molar refractivity (Wildman–Crippen MR) is 134 cm³/mol. The van der Waals surface area contributed by atoms with Gasteiger partial charge in [0.15, 0.2) is 0 Å². The summed E-state index contributed by atoms with van der Waals surface area (Å²) >= 11 is 0.632. The summed E-state index contributed by atoms with van der Waals surface area (Å²) in [5.41, 5.74) is 3.03. The zero-order chi connectivity index (χ0) is 25.5. The molecule has 8 nitrogen and oxygen atoms in total. The second kappa shape index (κ2) is 11.4. The Hall–Kier alpha value is -3.69. The number of esters is 1. The fourth-order valence-electron chi connectivity index (χ4n) is 3.68. The smallest absolute Gasteiger partial charge is 0.333 e. The molecule has 2 aromatic carbocycles. The van der Waals surface area contributed by atoms with Gasteiger partial charge in [0, 0.05) is 12.6 Å². The molecular formula is C27H26N2O6S. The molecule has 3 aromatic rings. The minimum absolute atomic E-state index is 0.00537. The lowest BCUT2D eigenvalue weighted by atomic mass is 9.97. The maximum atomic E-state index is 13.0. The van der Waals surface area contributed by atoms with Crippen LogP contribution in [0.25, 0.3) is 0 Å². The number of aromatic nitrogens is 1. The second-order valence-corrected chi connectivity index (χ2v) is 9.60. The van der Waals surface area contributed by atoms with E-state index in [0.717, 1.165) is 17.5 Å². The summed E-state index contributed by atoms with van der Waals surface area (Å²) < 4.78 is 9.39. The van der Waals surface area contributed by atoms with Gasteiger partial charge < -0.3 is 14.6 Å². The van der Waals surface area contributed by atoms with Gasteiger partial charge in [-0.3, -0.25) is 19.9 Å². The third kappa shape index (κ3) is 5.92. The zero-order valence-corrected chi connectivity index (χ0v) is 20.5. The molecule has 1 aliphatic heterocycles. The van der Waals surface area contributed by atoms with Crippen molar-refractivity contribution in [3.63, 3.8) is 0 Å². The van der Waals surface area contributed by atoms with Crippen LogP contribution in [0.2, 0.25) is 0 Å². The molecule has 4 rings (SSSR count). The molecule has 0 aliphatic carbocycles. The first kappa shape index (κ1) is 25.4. The first-order valence-electron chi connectivity index (χ1n) is 11.5. The average Bonchev–Trinajstić information content (AvgIpc) is 3.20. The van der Waals surface area contributed by atoms with Crippen LogP contribution in [0.5, 0.6) is 5.75 Å². The van der Waals surface area contributed by atoms with E-state index in [2.05, 4.69) is 10.3 Å². The van der Waals surface area contributed by atoms with Crippen molar-refractivity contribution in [2.75, 3.05) is 6.61 Å². The van der Waals surface area contributed by atoms with Gasteiger partial charge in [0.1, 0.15) is 25.1 Å². The number of aryl methyl sites for hydroxylation is 1. The zero-order valence-electron chi connectivity index (χ0n) is 19.7. The number of aliphatic hydroxyl groups is 1. The highest BCUT2D eigenvalue weighted by atomic mass is 32.2. The Morgan fingerprint density at radius 1 is 1.03 bits per heavy atom. The highest BCUT2D eigenvalue weighted by molar-refractivity contribution is 8.16. The third-order valence-electron chi connectivity index (χ3n) is 5.77. The van der Waals surface area contributed by atoms with Crippen LogP contribution < -0.4 is 10.1 Å². The number of carbonyl (C=O) groups is 3. The molecule has 1 saturated heterocycles. The van der Waals surface area contributed by atoms with Crippen molar-refractivity contribution in [2.45, 2.75) is 37.2 Å². The van der Waals surface area contributed by atoms with Crippen molar-refractivity contribution < 1.29 is 29.0 Å². The maximum Gasteiger partial charge on any atom is 0.333 e. The number of thioether (sulfide) groups is 1. The lowest BCUT2D eigenvalue weighted by molar-refractivity contribution is -0.150. The molecule has 2 N–H and O–H groups in total. The SMILES string of the molecule is CCc1ccc(C(O)COc2ccc(C[C@@]3(C(=O)OCc4ccccc4)SC(=O)NC3=O)cc2)nc1. The third-order valence-corrected chi connectivity index (χ3v) is 6.91. The van der Waals surface area contributed by atoms with Crippen molar-refractivity contribution in [3.8, 4) is 5.75 Å². The van der Waals surface area contributed by atoms with E-state index in [9.17, 15) is 19.5 Å². The van der Waals surface area contributed by atoms with Gasteiger partial charge in [-0.2, -0.15) is 0 Å². The quantitative estimate of drug-likeness (QED) is 0.316. The van der Waals surface area contributed by atoms with Crippen LogP contribution in [0.3, 0.4) is 0 Å². The minimum Gasteiger partial charge on any atom is -0.490 e. The number of hydrogen-bond donors (Lipinski definition) is 2. The Labute approximate surface area is 213 Å². The van der Waals surface area contributed by atoms with Crippen molar-refractivity contribution in [2.24, 2.45) is 0 Å². The van der Waals surface area contributed by atoms with E-state index >= 15 is 0 Å². The molecule has 1 unspecified atom stereocenters. The Kier molecular flexibility index (Phi) is 8.02. The Morgan fingerprint density at radius 3 is 2.36 bits per heavy atom. The molecule has 0 saturated carbocycles. The predicted octanol–water partition coefficient (Wildman–Crippen LogP) is 3.76. The molecule has 2 amide bonds. The van der Waals surface area contributed by atoms with E-state index in [0.29, 0.717) is 28.8 Å². The van der Waals surface area contributed by atoms with Gasteiger partial charge in [-0.05, 0) is 53.1 Å². The molecule has 2 heterocycles. The van der Waals surface area contributed by atoms with E-state index in [-0.39, 0.29) is 19.6 Å². The molecule has 1 fully saturated rings. The summed E-state index contributed by atoms with van der Waals surface area (Å²) in [6.07, 6.45) is 1.69. The number of nitrogens with zero attached hydrogens (tertiary/aromatic N) is 1. The first-order chi connectivity index (χ1) is 17.4. The number of pyridine rings is 1. The fourth-order valence-corrected chi connectivity index (χ4v) is 4.67. The number of amides is 2. The van der Waals surface area contributed by atoms with E-state index in [1.54, 1.807) is 48.7 Å². The van der Waals surface area contributed by atoms with Gasteiger partial charge >= 0.3 is 5.97 Å². The summed E-state index contributed by atoms with van der Waals surface area (Å²) in [6.45, 7) is 2.04. The first-order valence-corrected chi connectivity index (χ1v) is 12.3. The number of ether oxygens (including phenoxy) is 2. The number of aliphatic hydroxyl groups excluding tert-OH is 1. The summed E-state index contributed by atoms with van der Waals surface area (Å²) in [7, 11) is 0. The summed E-state index contributed by atoms with van der Waals surface area (Å²) in [5, 5.41) is 12.0. The van der Waals surface area contributed by atoms with Crippen LogP contribution in [0.15, 0.2) is 72.9 Å². The lowest BCUT2D eigenvalue weighted by Gasteiger charge is -2.22. The summed E-state index contributed by atoms with van der Waals surface area (Å²) in [5.74, 6) is -0.964. The molecular weight excluding hydrogens is 480 g/mol. The van der Waals surface area contributed by atoms with Gasteiger partial charge in [-0.1, -0.05) is 55.5 Å². The molecule has 2 atom stereocenters. The summed E-state index contributed by atoms with van der Waals surface area (Å²) in [4.78, 5) is 41.9. The Bertz CT molecular complexity index is 1220. The Morgan fingerprint density at radius 2 is 1.75 bits per heavy atom. The van der Waals surface area contributed by atoms with Crippen LogP contribution in [-0.2, 0) is 33.8 Å². The highest BCUT2D eigenvalue weighted by Crippen LogP contribution is 2.37. The molecule has 9 heteroatoms. The molecule has 0 bridgehead atoms. The van der Waals surface area contributed by atoms with Gasteiger partial charge in [-0.25, -0.2) is 4.79 Å². The number of benzene rings is 2. The van der Waals surface area contributed by atoms with E-state index in [1.807, 2.05) is 31.2 Å².